The molecular weight excluding hydrogens is 358 g/mol. The van der Waals surface area contributed by atoms with Crippen molar-refractivity contribution in [2.24, 2.45) is 0 Å². The molecule has 3 aromatic rings. The molecule has 8 nitrogen and oxygen atoms in total. The Hall–Kier alpha value is -3.00. The molecule has 0 aliphatic carbocycles. The Morgan fingerprint density at radius 2 is 2.00 bits per heavy atom. The normalized spacial score (nSPS) is 11.1. The highest BCUT2D eigenvalue weighted by Crippen LogP contribution is 2.17. The molecule has 1 aromatic carbocycles. The number of carbonyl (C=O) groups is 1. The van der Waals surface area contributed by atoms with E-state index in [2.05, 4.69) is 15.4 Å². The molecule has 148 valence electrons. The van der Waals surface area contributed by atoms with Crippen LogP contribution in [0.1, 0.15) is 24.6 Å². The van der Waals surface area contributed by atoms with Crippen molar-refractivity contribution in [1.29, 1.82) is 0 Å². The van der Waals surface area contributed by atoms with Crippen LogP contribution in [0.4, 0.5) is 0 Å². The Morgan fingerprint density at radius 3 is 2.68 bits per heavy atom. The first kappa shape index (κ1) is 19.8. The summed E-state index contributed by atoms with van der Waals surface area (Å²) in [7, 11) is 1.58. The fraction of sp³-hybridized carbons (Fsp3) is 0.400. The molecule has 0 unspecified atom stereocenters. The Kier molecular flexibility index (Phi) is 6.20. The molecule has 3 rings (SSSR count). The number of hydrogen-bond acceptors (Lipinski definition) is 5. The lowest BCUT2D eigenvalue weighted by molar-refractivity contribution is -0.121. The van der Waals surface area contributed by atoms with Gasteiger partial charge in [-0.3, -0.25) is 9.59 Å². The number of nitrogens with zero attached hydrogens (tertiary/aromatic N) is 4. The number of carbonyl (C=O) groups excluding carboxylic acids is 1. The van der Waals surface area contributed by atoms with Gasteiger partial charge in [0, 0.05) is 43.4 Å². The van der Waals surface area contributed by atoms with Crippen molar-refractivity contribution >= 4 is 11.7 Å². The van der Waals surface area contributed by atoms with E-state index < -0.39 is 0 Å². The molecule has 2 aromatic heterocycles. The maximum Gasteiger partial charge on any atom is 0.279 e. The fourth-order valence-corrected chi connectivity index (χ4v) is 3.21. The minimum Gasteiger partial charge on any atom is -0.383 e. The van der Waals surface area contributed by atoms with Crippen LogP contribution in [0.3, 0.4) is 0 Å². The van der Waals surface area contributed by atoms with Crippen LogP contribution in [-0.4, -0.2) is 45.3 Å². The summed E-state index contributed by atoms with van der Waals surface area (Å²) in [6.45, 7) is 5.45. The van der Waals surface area contributed by atoms with Gasteiger partial charge < -0.3 is 14.6 Å². The summed E-state index contributed by atoms with van der Waals surface area (Å²) in [5, 5.41) is 7.21. The van der Waals surface area contributed by atoms with Crippen LogP contribution in [0.15, 0.2) is 35.1 Å². The third-order valence-corrected chi connectivity index (χ3v) is 4.70. The third kappa shape index (κ3) is 3.96. The zero-order valence-electron chi connectivity index (χ0n) is 16.4. The van der Waals surface area contributed by atoms with E-state index in [0.29, 0.717) is 43.3 Å². The molecule has 8 heteroatoms. The van der Waals surface area contributed by atoms with Crippen molar-refractivity contribution in [3.05, 3.63) is 51.9 Å². The average Bonchev–Trinajstić information content (AvgIpc) is 3.14. The Labute approximate surface area is 163 Å². The minimum absolute atomic E-state index is 0.109. The molecule has 0 radical (unpaired) electrons. The van der Waals surface area contributed by atoms with E-state index in [0.717, 1.165) is 11.3 Å². The van der Waals surface area contributed by atoms with Crippen molar-refractivity contribution in [3.8, 4) is 11.4 Å². The van der Waals surface area contributed by atoms with Gasteiger partial charge in [0.2, 0.25) is 11.7 Å². The first-order valence-electron chi connectivity index (χ1n) is 9.37. The fourth-order valence-electron chi connectivity index (χ4n) is 3.21. The summed E-state index contributed by atoms with van der Waals surface area (Å²) in [5.41, 5.74) is 2.03. The topological polar surface area (TPSA) is 90.5 Å². The van der Waals surface area contributed by atoms with Gasteiger partial charge in [0.05, 0.1) is 6.61 Å². The zero-order valence-corrected chi connectivity index (χ0v) is 16.4. The van der Waals surface area contributed by atoms with E-state index in [9.17, 15) is 9.59 Å². The Bertz CT molecular complexity index is 1020. The predicted molar refractivity (Wildman–Crippen MR) is 106 cm³/mol. The lowest BCUT2D eigenvalue weighted by Crippen LogP contribution is -2.30. The minimum atomic E-state index is -0.225. The van der Waals surface area contributed by atoms with Gasteiger partial charge in [-0.15, -0.1) is 5.10 Å². The van der Waals surface area contributed by atoms with Crippen molar-refractivity contribution in [3.63, 3.8) is 0 Å². The number of aromatic nitrogens is 4. The second kappa shape index (κ2) is 8.79. The zero-order chi connectivity index (χ0) is 20.1. The molecule has 0 bridgehead atoms. The second-order valence-corrected chi connectivity index (χ2v) is 6.47. The molecule has 0 saturated carbocycles. The van der Waals surface area contributed by atoms with Gasteiger partial charge in [-0.25, -0.2) is 0 Å². The smallest absolute Gasteiger partial charge is 0.279 e. The number of hydrogen-bond donors (Lipinski definition) is 1. The summed E-state index contributed by atoms with van der Waals surface area (Å²) in [4.78, 5) is 29.6. The van der Waals surface area contributed by atoms with Crippen molar-refractivity contribution < 1.29 is 9.53 Å². The lowest BCUT2D eigenvalue weighted by Gasteiger charge is -2.13. The molecule has 2 heterocycles. The summed E-state index contributed by atoms with van der Waals surface area (Å²) >= 11 is 0. The van der Waals surface area contributed by atoms with Gasteiger partial charge in [0.25, 0.3) is 5.56 Å². The van der Waals surface area contributed by atoms with E-state index in [-0.39, 0.29) is 17.9 Å². The summed E-state index contributed by atoms with van der Waals surface area (Å²) in [5.74, 6) is 0.911. The molecule has 1 amide bonds. The summed E-state index contributed by atoms with van der Waals surface area (Å²) < 4.78 is 8.23. The van der Waals surface area contributed by atoms with Gasteiger partial charge in [0.1, 0.15) is 0 Å². The second-order valence-electron chi connectivity index (χ2n) is 6.47. The number of rotatable bonds is 8. The number of methoxy groups -OCH3 is 1. The van der Waals surface area contributed by atoms with E-state index in [1.165, 1.54) is 4.52 Å². The molecule has 0 fully saturated rings. The standard InChI is InChI=1S/C20H25N5O3/c1-4-24-14(2)16(10-11-17(26)21-12-13-28-3)19(27)25-20(24)22-18(23-25)15-8-6-5-7-9-15/h5-9H,4,10-13H2,1-3H3,(H,21,26). The number of amides is 1. The largest absolute Gasteiger partial charge is 0.383 e. The number of fused-ring (bicyclic) bond motifs is 1. The SMILES string of the molecule is CCn1c(C)c(CCC(=O)NCCOC)c(=O)n2nc(-c3ccccc3)nc12. The van der Waals surface area contributed by atoms with Crippen molar-refractivity contribution in [2.45, 2.75) is 33.2 Å². The molecule has 1 N–H and O–H groups in total. The molecule has 0 spiro atoms. The number of aryl methyl sites for hydroxylation is 1. The monoisotopic (exact) mass is 383 g/mol. The number of benzene rings is 1. The highest BCUT2D eigenvalue weighted by molar-refractivity contribution is 5.76. The van der Waals surface area contributed by atoms with Crippen LogP contribution >= 0.6 is 0 Å². The van der Waals surface area contributed by atoms with Crippen molar-refractivity contribution in [1.82, 2.24) is 24.5 Å². The Balaban J connectivity index is 1.95. The quantitative estimate of drug-likeness (QED) is 0.597. The van der Waals surface area contributed by atoms with Gasteiger partial charge in [0.15, 0.2) is 5.82 Å². The van der Waals surface area contributed by atoms with Crippen molar-refractivity contribution in [2.75, 3.05) is 20.3 Å². The molecule has 0 saturated heterocycles. The predicted octanol–water partition coefficient (Wildman–Crippen LogP) is 1.58. The van der Waals surface area contributed by atoms with Gasteiger partial charge in [-0.1, -0.05) is 30.3 Å². The molecule has 0 aliphatic heterocycles. The maximum atomic E-state index is 13.0. The van der Waals surface area contributed by atoms with Crippen LogP contribution in [0, 0.1) is 6.92 Å². The molecular formula is C20H25N5O3. The maximum absolute atomic E-state index is 13.0. The molecule has 0 atom stereocenters. The number of nitrogens with one attached hydrogen (secondary N) is 1. The van der Waals surface area contributed by atoms with Crippen LogP contribution in [-0.2, 0) is 22.5 Å². The summed E-state index contributed by atoms with van der Waals surface area (Å²) in [6, 6.07) is 9.56. The van der Waals surface area contributed by atoms with Crippen LogP contribution in [0.5, 0.6) is 0 Å². The highest BCUT2D eigenvalue weighted by Gasteiger charge is 2.18. The van der Waals surface area contributed by atoms with Gasteiger partial charge in [-0.2, -0.15) is 9.50 Å². The van der Waals surface area contributed by atoms with E-state index in [1.54, 1.807) is 7.11 Å². The van der Waals surface area contributed by atoms with Gasteiger partial charge in [-0.05, 0) is 20.3 Å². The summed E-state index contributed by atoms with van der Waals surface area (Å²) in [6.07, 6.45) is 0.579. The first-order chi connectivity index (χ1) is 13.6. The number of ether oxygens (including phenoxy) is 1. The van der Waals surface area contributed by atoms with Crippen LogP contribution in [0.2, 0.25) is 0 Å². The van der Waals surface area contributed by atoms with E-state index in [4.69, 9.17) is 4.74 Å². The average molecular weight is 383 g/mol. The van der Waals surface area contributed by atoms with Crippen LogP contribution < -0.4 is 10.9 Å². The highest BCUT2D eigenvalue weighted by atomic mass is 16.5. The molecule has 28 heavy (non-hydrogen) atoms. The molecule has 0 aliphatic rings. The van der Waals surface area contributed by atoms with E-state index >= 15 is 0 Å². The lowest BCUT2D eigenvalue weighted by atomic mass is 10.1. The Morgan fingerprint density at radius 1 is 1.25 bits per heavy atom. The van der Waals surface area contributed by atoms with Crippen LogP contribution in [0.25, 0.3) is 17.2 Å². The first-order valence-corrected chi connectivity index (χ1v) is 9.37. The van der Waals surface area contributed by atoms with E-state index in [1.807, 2.05) is 48.7 Å². The third-order valence-electron chi connectivity index (χ3n) is 4.70. The van der Waals surface area contributed by atoms with Gasteiger partial charge >= 0.3 is 0 Å².